The van der Waals surface area contributed by atoms with Crippen molar-refractivity contribution in [3.8, 4) is 6.07 Å². The van der Waals surface area contributed by atoms with E-state index >= 15 is 0 Å². The van der Waals surface area contributed by atoms with E-state index in [1.54, 1.807) is 6.07 Å². The van der Waals surface area contributed by atoms with Gasteiger partial charge in [0.1, 0.15) is 11.6 Å². The third-order valence-electron chi connectivity index (χ3n) is 2.60. The number of nitrogens with zero attached hydrogens (tertiary/aromatic N) is 5. The molecular formula is C12H8N6O2S. The largest absolute Gasteiger partial charge is 0.478 e. The summed E-state index contributed by atoms with van der Waals surface area (Å²) >= 11 is 4.72. The van der Waals surface area contributed by atoms with Crippen molar-refractivity contribution < 1.29 is 9.90 Å². The molecule has 0 amide bonds. The van der Waals surface area contributed by atoms with Gasteiger partial charge in [-0.15, -0.1) is 0 Å². The van der Waals surface area contributed by atoms with E-state index in [9.17, 15) is 4.79 Å². The maximum Gasteiger partial charge on any atom is 0.339 e. The van der Waals surface area contributed by atoms with Gasteiger partial charge >= 0.3 is 5.97 Å². The summed E-state index contributed by atoms with van der Waals surface area (Å²) in [5.41, 5.74) is 6.39. The molecule has 3 N–H and O–H groups in total. The smallest absolute Gasteiger partial charge is 0.339 e. The van der Waals surface area contributed by atoms with E-state index in [0.29, 0.717) is 5.56 Å². The van der Waals surface area contributed by atoms with E-state index in [1.807, 2.05) is 0 Å². The summed E-state index contributed by atoms with van der Waals surface area (Å²) in [6, 6.07) is 0.905. The molecule has 8 nitrogen and oxygen atoms in total. The normalized spacial score (nSPS) is 11.4. The number of rotatable bonds is 4. The molecule has 2 rings (SSSR count). The van der Waals surface area contributed by atoms with Crippen molar-refractivity contribution in [3.63, 3.8) is 0 Å². The number of nitrogens with two attached hydrogens (primary N) is 1. The van der Waals surface area contributed by atoms with Crippen LogP contribution in [0.1, 0.15) is 39.3 Å². The van der Waals surface area contributed by atoms with Crippen molar-refractivity contribution in [3.05, 3.63) is 47.1 Å². The van der Waals surface area contributed by atoms with Crippen molar-refractivity contribution in [2.75, 3.05) is 0 Å². The van der Waals surface area contributed by atoms with E-state index in [0.717, 1.165) is 6.20 Å². The van der Waals surface area contributed by atoms with Crippen LogP contribution in [0.2, 0.25) is 0 Å². The Kier molecular flexibility index (Phi) is 4.22. The van der Waals surface area contributed by atoms with Gasteiger partial charge in [0, 0.05) is 29.5 Å². The molecule has 1 unspecified atom stereocenters. The fraction of sp³-hybridized carbons (Fsp3) is 0.0833. The highest BCUT2D eigenvalue weighted by Crippen LogP contribution is 2.20. The predicted molar refractivity (Wildman–Crippen MR) is 74.5 cm³/mol. The minimum atomic E-state index is -1.20. The van der Waals surface area contributed by atoms with Crippen LogP contribution in [0, 0.1) is 11.3 Å². The summed E-state index contributed by atoms with van der Waals surface area (Å²) in [5.74, 6) is -1.02. The molecule has 21 heavy (non-hydrogen) atoms. The van der Waals surface area contributed by atoms with Gasteiger partial charge in [0.2, 0.25) is 5.82 Å². The second kappa shape index (κ2) is 6.08. The van der Waals surface area contributed by atoms with Crippen LogP contribution in [0.3, 0.4) is 0 Å². The van der Waals surface area contributed by atoms with E-state index in [1.165, 1.54) is 17.8 Å². The summed E-state index contributed by atoms with van der Waals surface area (Å²) in [6.45, 7) is 0. The lowest BCUT2D eigenvalue weighted by atomic mass is 10.0. The molecule has 0 spiro atoms. The molecule has 0 aliphatic heterocycles. The Morgan fingerprint density at radius 3 is 2.57 bits per heavy atom. The Bertz CT molecular complexity index is 740. The maximum atomic E-state index is 11.2. The van der Waals surface area contributed by atoms with Crippen molar-refractivity contribution >= 4 is 23.6 Å². The Balaban J connectivity index is 2.50. The highest BCUT2D eigenvalue weighted by Gasteiger charge is 2.21. The molecule has 2 aromatic rings. The summed E-state index contributed by atoms with van der Waals surface area (Å²) in [4.78, 5) is 26.6. The number of aromatic nitrogens is 4. The quantitative estimate of drug-likeness (QED) is 0.759. The fourth-order valence-corrected chi connectivity index (χ4v) is 1.70. The number of aromatic carboxylic acids is 1. The van der Waals surface area contributed by atoms with E-state index < -0.39 is 12.0 Å². The van der Waals surface area contributed by atoms with Crippen LogP contribution in [-0.2, 0) is 0 Å². The molecule has 0 aromatic carbocycles. The molecule has 0 fully saturated rings. The molecule has 0 radical (unpaired) electrons. The van der Waals surface area contributed by atoms with Gasteiger partial charge in [0.15, 0.2) is 5.82 Å². The molecule has 2 heterocycles. The monoisotopic (exact) mass is 300 g/mol. The van der Waals surface area contributed by atoms with Crippen molar-refractivity contribution in [1.82, 2.24) is 19.9 Å². The molecule has 0 aliphatic rings. The number of carboxylic acid groups (broad SMARTS) is 1. The molecule has 0 bridgehead atoms. The Morgan fingerprint density at radius 2 is 2.05 bits per heavy atom. The SMILES string of the molecule is N#Cc1ncc(C(N)c2nc(C=S)ncc2C(=O)O)cn1. The van der Waals surface area contributed by atoms with Crippen molar-refractivity contribution in [1.29, 1.82) is 5.26 Å². The lowest BCUT2D eigenvalue weighted by Crippen LogP contribution is -2.20. The number of nitriles is 1. The molecule has 9 heteroatoms. The van der Waals surface area contributed by atoms with Crippen LogP contribution < -0.4 is 5.73 Å². The van der Waals surface area contributed by atoms with Crippen LogP contribution in [-0.4, -0.2) is 36.4 Å². The molecule has 0 saturated carbocycles. The lowest BCUT2D eigenvalue weighted by Gasteiger charge is -2.13. The zero-order valence-electron chi connectivity index (χ0n) is 10.5. The lowest BCUT2D eigenvalue weighted by molar-refractivity contribution is 0.0694. The second-order valence-corrected chi connectivity index (χ2v) is 4.12. The summed E-state index contributed by atoms with van der Waals surface area (Å²) in [5, 5.41) is 19.0. The van der Waals surface area contributed by atoms with Gasteiger partial charge in [-0.05, 0) is 0 Å². The summed E-state index contributed by atoms with van der Waals surface area (Å²) in [6.07, 6.45) is 3.84. The third-order valence-corrected chi connectivity index (χ3v) is 2.81. The van der Waals surface area contributed by atoms with Crippen LogP contribution in [0.4, 0.5) is 0 Å². The molecule has 1 atom stereocenters. The van der Waals surface area contributed by atoms with Crippen LogP contribution in [0.15, 0.2) is 18.6 Å². The van der Waals surface area contributed by atoms with E-state index in [2.05, 4.69) is 19.9 Å². The van der Waals surface area contributed by atoms with E-state index in [4.69, 9.17) is 28.3 Å². The van der Waals surface area contributed by atoms with Gasteiger partial charge in [0.25, 0.3) is 0 Å². The summed E-state index contributed by atoms with van der Waals surface area (Å²) < 4.78 is 0. The van der Waals surface area contributed by atoms with Gasteiger partial charge in [0.05, 0.1) is 11.7 Å². The molecular weight excluding hydrogens is 292 g/mol. The Hall–Kier alpha value is -2.83. The van der Waals surface area contributed by atoms with Crippen LogP contribution in [0.5, 0.6) is 0 Å². The second-order valence-electron chi connectivity index (χ2n) is 3.88. The molecule has 0 saturated heterocycles. The first-order chi connectivity index (χ1) is 10.1. The maximum absolute atomic E-state index is 11.2. The Labute approximate surface area is 124 Å². The predicted octanol–water partition coefficient (Wildman–Crippen LogP) is 0.232. The number of carbonyl (C=O) groups is 1. The molecule has 104 valence electrons. The van der Waals surface area contributed by atoms with Crippen molar-refractivity contribution in [2.45, 2.75) is 6.04 Å². The number of carboxylic acids is 1. The van der Waals surface area contributed by atoms with Gasteiger partial charge in [-0.25, -0.2) is 24.7 Å². The van der Waals surface area contributed by atoms with Crippen LogP contribution in [0.25, 0.3) is 0 Å². The van der Waals surface area contributed by atoms with Crippen molar-refractivity contribution in [2.24, 2.45) is 5.73 Å². The first-order valence-electron chi connectivity index (χ1n) is 5.60. The first-order valence-corrected chi connectivity index (χ1v) is 6.07. The minimum absolute atomic E-state index is 0.00771. The van der Waals surface area contributed by atoms with Gasteiger partial charge in [-0.3, -0.25) is 0 Å². The van der Waals surface area contributed by atoms with Gasteiger partial charge in [-0.2, -0.15) is 5.26 Å². The third kappa shape index (κ3) is 3.02. The average molecular weight is 300 g/mol. The standard InChI is InChI=1S/C12H8N6O2S/c13-1-8-15-2-6(3-16-8)10(14)11-7(12(19)20)4-17-9(5-21)18-11/h2-5,10H,14H2,(H,19,20). The number of hydrogen-bond donors (Lipinski definition) is 2. The van der Waals surface area contributed by atoms with Gasteiger partial charge in [-0.1, -0.05) is 12.2 Å². The van der Waals surface area contributed by atoms with Gasteiger partial charge < -0.3 is 10.8 Å². The zero-order chi connectivity index (χ0) is 15.4. The fourth-order valence-electron chi connectivity index (χ4n) is 1.58. The highest BCUT2D eigenvalue weighted by atomic mass is 32.1. The highest BCUT2D eigenvalue weighted by molar-refractivity contribution is 7.79. The zero-order valence-corrected chi connectivity index (χ0v) is 11.3. The molecule has 2 aromatic heterocycles. The average Bonchev–Trinajstić information content (AvgIpc) is 2.53. The molecule has 0 aliphatic carbocycles. The Morgan fingerprint density at radius 1 is 1.38 bits per heavy atom. The minimum Gasteiger partial charge on any atom is -0.478 e. The number of hydrogen-bond acceptors (Lipinski definition) is 8. The van der Waals surface area contributed by atoms with Crippen LogP contribution >= 0.6 is 12.2 Å². The summed E-state index contributed by atoms with van der Waals surface area (Å²) in [7, 11) is 0. The topological polar surface area (TPSA) is 139 Å². The number of thiocarbonyl (C=S) groups is 1. The first kappa shape index (κ1) is 14.6. The van der Waals surface area contributed by atoms with E-state index in [-0.39, 0.29) is 22.9 Å².